The lowest BCUT2D eigenvalue weighted by atomic mass is 10.4. The summed E-state index contributed by atoms with van der Waals surface area (Å²) in [7, 11) is 0. The van der Waals surface area contributed by atoms with Gasteiger partial charge in [0.25, 0.3) is 0 Å². The van der Waals surface area contributed by atoms with E-state index in [9.17, 15) is 19.6 Å². The number of nitrogens with zero attached hydrogens (tertiary/aromatic N) is 1. The van der Waals surface area contributed by atoms with Crippen LogP contribution >= 0.6 is 0 Å². The second-order valence-corrected chi connectivity index (χ2v) is 3.47. The number of hydrogen-bond acceptors (Lipinski definition) is 6. The van der Waals surface area contributed by atoms with E-state index in [1.165, 1.54) is 0 Å². The minimum absolute atomic E-state index is 0.00101. The molecule has 16 heavy (non-hydrogen) atoms. The van der Waals surface area contributed by atoms with E-state index in [2.05, 4.69) is 4.74 Å². The molecule has 0 atom stereocenters. The van der Waals surface area contributed by atoms with Gasteiger partial charge in [0.05, 0.1) is 25.9 Å². The molecule has 0 unspecified atom stereocenters. The Labute approximate surface area is 91.8 Å². The molecule has 1 saturated heterocycles. The summed E-state index contributed by atoms with van der Waals surface area (Å²) < 4.78 is 3.22. The number of quaternary nitrogens is 1. The third kappa shape index (κ3) is 2.63. The van der Waals surface area contributed by atoms with Crippen LogP contribution < -0.4 is 0 Å². The third-order valence-electron chi connectivity index (χ3n) is 2.37. The van der Waals surface area contributed by atoms with E-state index < -0.39 is 22.4 Å². The van der Waals surface area contributed by atoms with Crippen LogP contribution in [0.3, 0.4) is 0 Å². The van der Waals surface area contributed by atoms with Gasteiger partial charge in [0.2, 0.25) is 0 Å². The fourth-order valence-corrected chi connectivity index (χ4v) is 1.46. The van der Waals surface area contributed by atoms with Gasteiger partial charge in [-0.25, -0.2) is 14.8 Å². The zero-order valence-corrected chi connectivity index (χ0v) is 8.72. The highest BCUT2D eigenvalue weighted by Gasteiger charge is 2.49. The van der Waals surface area contributed by atoms with Crippen LogP contribution in [-0.4, -0.2) is 52.5 Å². The number of imide groups is 1. The number of aliphatic hydroxyl groups excluding tert-OH is 1. The minimum Gasteiger partial charge on any atom is -0.463 e. The molecule has 1 rings (SSSR count). The monoisotopic (exact) mass is 232 g/mol. The van der Waals surface area contributed by atoms with E-state index in [-0.39, 0.29) is 39.0 Å². The molecule has 0 aromatic carbocycles. The van der Waals surface area contributed by atoms with Crippen molar-refractivity contribution < 1.29 is 34.1 Å². The summed E-state index contributed by atoms with van der Waals surface area (Å²) in [6.07, 6.45) is -0.240. The van der Waals surface area contributed by atoms with Gasteiger partial charge in [-0.2, -0.15) is 0 Å². The standard InChI is InChI=1S/C9H14NO6/c11-5-6-16-9(14)3-4-10(15)7(12)1-2-8(10)13/h11,15H,1-6H2/q+1. The molecule has 7 nitrogen and oxygen atoms in total. The predicted molar refractivity (Wildman–Crippen MR) is 48.8 cm³/mol. The predicted octanol–water partition coefficient (Wildman–Crippen LogP) is -1.03. The summed E-state index contributed by atoms with van der Waals surface area (Å²) in [5, 5.41) is 18.1. The van der Waals surface area contributed by atoms with E-state index >= 15 is 0 Å². The van der Waals surface area contributed by atoms with Crippen molar-refractivity contribution in [1.29, 1.82) is 0 Å². The van der Waals surface area contributed by atoms with Crippen molar-refractivity contribution in [2.75, 3.05) is 19.8 Å². The van der Waals surface area contributed by atoms with Crippen molar-refractivity contribution in [3.63, 3.8) is 0 Å². The SMILES string of the molecule is O=C(CC[N+]1(O)C(=O)CCC1=O)OCCO. The molecule has 0 saturated carbocycles. The molecule has 0 spiro atoms. The number of hydroxylamine groups is 3. The molecule has 2 amide bonds. The third-order valence-corrected chi connectivity index (χ3v) is 2.37. The molecule has 0 aromatic heterocycles. The van der Waals surface area contributed by atoms with E-state index in [0.29, 0.717) is 0 Å². The van der Waals surface area contributed by atoms with Crippen molar-refractivity contribution in [1.82, 2.24) is 0 Å². The van der Waals surface area contributed by atoms with Gasteiger partial charge in [0.1, 0.15) is 13.2 Å². The molecule has 2 N–H and O–H groups in total. The maximum atomic E-state index is 11.2. The maximum absolute atomic E-state index is 11.2. The Morgan fingerprint density at radius 1 is 1.31 bits per heavy atom. The maximum Gasteiger partial charge on any atom is 0.353 e. The molecule has 0 aromatic rings. The number of carbonyl (C=O) groups excluding carboxylic acids is 3. The Bertz CT molecular complexity index is 297. The number of esters is 1. The van der Waals surface area contributed by atoms with Gasteiger partial charge < -0.3 is 9.84 Å². The topological polar surface area (TPSA) is 101 Å². The van der Waals surface area contributed by atoms with Gasteiger partial charge in [-0.3, -0.25) is 4.79 Å². The first-order valence-electron chi connectivity index (χ1n) is 4.95. The number of ether oxygens (including phenoxy) is 1. The van der Waals surface area contributed by atoms with Crippen LogP contribution in [0.2, 0.25) is 0 Å². The Kier molecular flexibility index (Phi) is 4.11. The van der Waals surface area contributed by atoms with Crippen LogP contribution in [0.5, 0.6) is 0 Å². The number of carbonyl (C=O) groups is 3. The Morgan fingerprint density at radius 2 is 1.88 bits per heavy atom. The first kappa shape index (κ1) is 12.8. The molecule has 1 aliphatic heterocycles. The van der Waals surface area contributed by atoms with Crippen LogP contribution in [0, 0.1) is 0 Å². The van der Waals surface area contributed by atoms with Crippen molar-refractivity contribution in [2.45, 2.75) is 19.3 Å². The second kappa shape index (κ2) is 5.15. The molecular formula is C9H14NO6+. The molecule has 1 aliphatic rings. The van der Waals surface area contributed by atoms with E-state index in [4.69, 9.17) is 5.11 Å². The molecular weight excluding hydrogens is 218 g/mol. The summed E-state index contributed by atoms with van der Waals surface area (Å²) in [4.78, 5) is 33.5. The summed E-state index contributed by atoms with van der Waals surface area (Å²) in [5.74, 6) is -1.85. The highest BCUT2D eigenvalue weighted by molar-refractivity contribution is 5.91. The lowest BCUT2D eigenvalue weighted by molar-refractivity contribution is -0.970. The highest BCUT2D eigenvalue weighted by Crippen LogP contribution is 2.20. The number of likely N-dealkylation sites (tertiary alicyclic amines) is 1. The fourth-order valence-electron chi connectivity index (χ4n) is 1.46. The van der Waals surface area contributed by atoms with Gasteiger partial charge >= 0.3 is 17.8 Å². The van der Waals surface area contributed by atoms with Gasteiger partial charge in [-0.15, -0.1) is 0 Å². The first-order valence-corrected chi connectivity index (χ1v) is 4.95. The van der Waals surface area contributed by atoms with Gasteiger partial charge in [-0.1, -0.05) is 4.65 Å². The lowest BCUT2D eigenvalue weighted by Crippen LogP contribution is -2.50. The smallest absolute Gasteiger partial charge is 0.353 e. The number of rotatable bonds is 5. The minimum atomic E-state index is -1.31. The van der Waals surface area contributed by atoms with Crippen LogP contribution in [0.25, 0.3) is 0 Å². The van der Waals surface area contributed by atoms with Crippen molar-refractivity contribution in [3.8, 4) is 0 Å². The normalized spacial score (nSPS) is 18.9. The number of aliphatic hydroxyl groups is 1. The molecule has 7 heteroatoms. The van der Waals surface area contributed by atoms with E-state index in [1.54, 1.807) is 0 Å². The average Bonchev–Trinajstić information content (AvgIpc) is 2.52. The molecule has 0 aliphatic carbocycles. The molecule has 0 bridgehead atoms. The van der Waals surface area contributed by atoms with Crippen LogP contribution in [0.4, 0.5) is 0 Å². The first-order chi connectivity index (χ1) is 7.50. The van der Waals surface area contributed by atoms with Crippen LogP contribution in [0.1, 0.15) is 19.3 Å². The van der Waals surface area contributed by atoms with Crippen molar-refractivity contribution in [3.05, 3.63) is 0 Å². The van der Waals surface area contributed by atoms with Gasteiger partial charge in [0, 0.05) is 0 Å². The second-order valence-electron chi connectivity index (χ2n) is 3.47. The summed E-state index contributed by atoms with van der Waals surface area (Å²) >= 11 is 0. The molecule has 0 radical (unpaired) electrons. The van der Waals surface area contributed by atoms with Gasteiger partial charge in [-0.05, 0) is 0 Å². The lowest BCUT2D eigenvalue weighted by Gasteiger charge is -2.18. The van der Waals surface area contributed by atoms with Crippen molar-refractivity contribution in [2.24, 2.45) is 0 Å². The Morgan fingerprint density at radius 3 is 2.38 bits per heavy atom. The van der Waals surface area contributed by atoms with Crippen LogP contribution in [0.15, 0.2) is 0 Å². The molecule has 1 heterocycles. The molecule has 90 valence electrons. The Hall–Kier alpha value is -1.31. The number of amides is 2. The highest BCUT2D eigenvalue weighted by atomic mass is 16.6. The summed E-state index contributed by atoms with van der Waals surface area (Å²) in [5.41, 5.74) is 0. The summed E-state index contributed by atoms with van der Waals surface area (Å²) in [6, 6.07) is 0. The number of hydrogen-bond donors (Lipinski definition) is 2. The Balaban J connectivity index is 2.44. The summed E-state index contributed by atoms with van der Waals surface area (Å²) in [6.45, 7) is -0.725. The quantitative estimate of drug-likeness (QED) is 0.272. The zero-order valence-electron chi connectivity index (χ0n) is 8.72. The van der Waals surface area contributed by atoms with E-state index in [1.807, 2.05) is 0 Å². The van der Waals surface area contributed by atoms with E-state index in [0.717, 1.165) is 0 Å². The zero-order chi connectivity index (χ0) is 12.2. The largest absolute Gasteiger partial charge is 0.463 e. The fraction of sp³-hybridized carbons (Fsp3) is 0.667. The molecule has 1 fully saturated rings. The average molecular weight is 232 g/mol. The van der Waals surface area contributed by atoms with Gasteiger partial charge in [0.15, 0.2) is 0 Å². The van der Waals surface area contributed by atoms with Crippen molar-refractivity contribution >= 4 is 17.8 Å². The van der Waals surface area contributed by atoms with Crippen LogP contribution in [-0.2, 0) is 19.1 Å².